The maximum absolute atomic E-state index is 12.5. The van der Waals surface area contributed by atoms with Crippen LogP contribution < -0.4 is 15.0 Å². The third-order valence-electron chi connectivity index (χ3n) is 4.91. The number of urea groups is 1. The second kappa shape index (κ2) is 8.80. The topological polar surface area (TPSA) is 44.8 Å². The molecule has 27 heavy (non-hydrogen) atoms. The number of nitrogens with one attached hydrogen (secondary N) is 1. The number of carbonyl (C=O) groups excluding carboxylic acids is 1. The molecule has 0 spiro atoms. The molecule has 5 nitrogen and oxygen atoms in total. The highest BCUT2D eigenvalue weighted by Gasteiger charge is 2.21. The van der Waals surface area contributed by atoms with E-state index in [0.29, 0.717) is 12.5 Å². The fraction of sp³-hybridized carbons (Fsp3) is 0.409. The first-order valence-electron chi connectivity index (χ1n) is 9.70. The van der Waals surface area contributed by atoms with Crippen molar-refractivity contribution >= 4 is 17.4 Å². The van der Waals surface area contributed by atoms with Crippen molar-refractivity contribution in [2.45, 2.75) is 26.7 Å². The summed E-state index contributed by atoms with van der Waals surface area (Å²) in [6.45, 7) is 10.1. The van der Waals surface area contributed by atoms with Gasteiger partial charge in [-0.15, -0.1) is 0 Å². The molecule has 1 aliphatic heterocycles. The van der Waals surface area contributed by atoms with Crippen LogP contribution in [0.4, 0.5) is 16.2 Å². The molecule has 3 rings (SSSR count). The number of nitrogens with zero attached hydrogens (tertiary/aromatic N) is 2. The van der Waals surface area contributed by atoms with E-state index in [0.717, 1.165) is 37.6 Å². The van der Waals surface area contributed by atoms with Crippen LogP contribution in [0.1, 0.15) is 32.3 Å². The molecule has 0 aliphatic carbocycles. The van der Waals surface area contributed by atoms with Crippen molar-refractivity contribution in [3.8, 4) is 5.75 Å². The van der Waals surface area contributed by atoms with Gasteiger partial charge in [0.15, 0.2) is 0 Å². The summed E-state index contributed by atoms with van der Waals surface area (Å²) in [5, 5.41) is 2.97. The highest BCUT2D eigenvalue weighted by molar-refractivity contribution is 5.89. The highest BCUT2D eigenvalue weighted by atomic mass is 16.5. The number of benzene rings is 2. The SMILES string of the molecule is CCOc1ccc(NC(=O)N2CCN(c3ccc(C(C)C)cc3)CC2)cc1. The standard InChI is InChI=1S/C22H29N3O2/c1-4-27-21-11-7-19(8-12-21)23-22(26)25-15-13-24(14-16-25)20-9-5-18(6-10-20)17(2)3/h5-12,17H,4,13-16H2,1-3H3,(H,23,26). The Hall–Kier alpha value is -2.69. The Morgan fingerprint density at radius 1 is 1.00 bits per heavy atom. The number of carbonyl (C=O) groups is 1. The largest absolute Gasteiger partial charge is 0.494 e. The molecule has 5 heteroatoms. The summed E-state index contributed by atoms with van der Waals surface area (Å²) in [7, 11) is 0. The van der Waals surface area contributed by atoms with Crippen LogP contribution in [0.15, 0.2) is 48.5 Å². The molecule has 0 aromatic heterocycles. The third kappa shape index (κ3) is 4.94. The highest BCUT2D eigenvalue weighted by Crippen LogP contribution is 2.22. The Morgan fingerprint density at radius 2 is 1.63 bits per heavy atom. The Labute approximate surface area is 161 Å². The Balaban J connectivity index is 1.51. The first-order chi connectivity index (χ1) is 13.1. The van der Waals surface area contributed by atoms with Crippen LogP contribution in [0.25, 0.3) is 0 Å². The predicted octanol–water partition coefficient (Wildman–Crippen LogP) is 4.56. The van der Waals surface area contributed by atoms with E-state index in [1.165, 1.54) is 11.3 Å². The number of anilines is 2. The molecule has 0 radical (unpaired) electrons. The fourth-order valence-corrected chi connectivity index (χ4v) is 3.24. The van der Waals surface area contributed by atoms with Gasteiger partial charge in [-0.1, -0.05) is 26.0 Å². The molecule has 0 saturated carbocycles. The molecule has 1 N–H and O–H groups in total. The van der Waals surface area contributed by atoms with Crippen molar-refractivity contribution in [2.75, 3.05) is 43.0 Å². The Morgan fingerprint density at radius 3 is 2.19 bits per heavy atom. The van der Waals surface area contributed by atoms with E-state index in [4.69, 9.17) is 4.74 Å². The van der Waals surface area contributed by atoms with E-state index in [1.54, 1.807) is 0 Å². The summed E-state index contributed by atoms with van der Waals surface area (Å²) in [6, 6.07) is 16.2. The lowest BCUT2D eigenvalue weighted by atomic mass is 10.0. The zero-order valence-electron chi connectivity index (χ0n) is 16.4. The number of amides is 2. The number of hydrogen-bond acceptors (Lipinski definition) is 3. The van der Waals surface area contributed by atoms with Gasteiger partial charge in [0, 0.05) is 37.6 Å². The van der Waals surface area contributed by atoms with Crippen LogP contribution in [0, 0.1) is 0 Å². The lowest BCUT2D eigenvalue weighted by Gasteiger charge is -2.36. The maximum atomic E-state index is 12.5. The third-order valence-corrected chi connectivity index (χ3v) is 4.91. The van der Waals surface area contributed by atoms with Gasteiger partial charge in [0.25, 0.3) is 0 Å². The Bertz CT molecular complexity index is 733. The fourth-order valence-electron chi connectivity index (χ4n) is 3.24. The van der Waals surface area contributed by atoms with Gasteiger partial charge in [0.05, 0.1) is 6.61 Å². The van der Waals surface area contributed by atoms with Crippen LogP contribution in [0.3, 0.4) is 0 Å². The van der Waals surface area contributed by atoms with Gasteiger partial charge in [0.2, 0.25) is 0 Å². The molecule has 2 amide bonds. The summed E-state index contributed by atoms with van der Waals surface area (Å²) in [6.07, 6.45) is 0. The molecule has 1 saturated heterocycles. The van der Waals surface area contributed by atoms with E-state index in [1.807, 2.05) is 36.1 Å². The summed E-state index contributed by atoms with van der Waals surface area (Å²) < 4.78 is 5.43. The summed E-state index contributed by atoms with van der Waals surface area (Å²) in [5.41, 5.74) is 3.37. The minimum Gasteiger partial charge on any atom is -0.494 e. The first-order valence-corrected chi connectivity index (χ1v) is 9.70. The summed E-state index contributed by atoms with van der Waals surface area (Å²) in [5.74, 6) is 1.36. The second-order valence-corrected chi connectivity index (χ2v) is 7.11. The number of rotatable bonds is 5. The molecule has 0 unspecified atom stereocenters. The summed E-state index contributed by atoms with van der Waals surface area (Å²) >= 11 is 0. The van der Waals surface area contributed by atoms with Gasteiger partial charge < -0.3 is 19.9 Å². The summed E-state index contributed by atoms with van der Waals surface area (Å²) in [4.78, 5) is 16.7. The zero-order chi connectivity index (χ0) is 19.2. The average Bonchev–Trinajstić information content (AvgIpc) is 2.70. The number of piperazine rings is 1. The van der Waals surface area contributed by atoms with Crippen LogP contribution in [-0.4, -0.2) is 43.7 Å². The van der Waals surface area contributed by atoms with Crippen molar-refractivity contribution in [1.82, 2.24) is 4.90 Å². The van der Waals surface area contributed by atoms with Gasteiger partial charge in [-0.2, -0.15) is 0 Å². The molecule has 2 aromatic carbocycles. The lowest BCUT2D eigenvalue weighted by Crippen LogP contribution is -2.50. The molecule has 1 aliphatic rings. The molecule has 0 atom stereocenters. The molecule has 144 valence electrons. The maximum Gasteiger partial charge on any atom is 0.321 e. The van der Waals surface area contributed by atoms with Crippen LogP contribution in [0.5, 0.6) is 5.75 Å². The van der Waals surface area contributed by atoms with Crippen molar-refractivity contribution in [1.29, 1.82) is 0 Å². The van der Waals surface area contributed by atoms with Gasteiger partial charge in [-0.3, -0.25) is 0 Å². The van der Waals surface area contributed by atoms with Gasteiger partial charge >= 0.3 is 6.03 Å². The van der Waals surface area contributed by atoms with E-state index >= 15 is 0 Å². The second-order valence-electron chi connectivity index (χ2n) is 7.11. The van der Waals surface area contributed by atoms with Crippen LogP contribution in [-0.2, 0) is 0 Å². The normalized spacial score (nSPS) is 14.4. The van der Waals surface area contributed by atoms with Crippen LogP contribution in [0.2, 0.25) is 0 Å². The zero-order valence-corrected chi connectivity index (χ0v) is 16.4. The Kier molecular flexibility index (Phi) is 6.22. The van der Waals surface area contributed by atoms with E-state index < -0.39 is 0 Å². The van der Waals surface area contributed by atoms with Crippen molar-refractivity contribution in [2.24, 2.45) is 0 Å². The molecular formula is C22H29N3O2. The first kappa shape index (κ1) is 19.1. The number of hydrogen-bond donors (Lipinski definition) is 1. The van der Waals surface area contributed by atoms with Gasteiger partial charge in [-0.25, -0.2) is 4.79 Å². The monoisotopic (exact) mass is 367 g/mol. The minimum absolute atomic E-state index is 0.0473. The quantitative estimate of drug-likeness (QED) is 0.842. The van der Waals surface area contributed by atoms with Crippen molar-refractivity contribution < 1.29 is 9.53 Å². The molecule has 2 aromatic rings. The molecule has 1 heterocycles. The smallest absolute Gasteiger partial charge is 0.321 e. The van der Waals surface area contributed by atoms with Crippen molar-refractivity contribution in [3.63, 3.8) is 0 Å². The molecule has 0 bridgehead atoms. The van der Waals surface area contributed by atoms with Gasteiger partial charge in [0.1, 0.15) is 5.75 Å². The average molecular weight is 367 g/mol. The van der Waals surface area contributed by atoms with E-state index in [-0.39, 0.29) is 6.03 Å². The van der Waals surface area contributed by atoms with E-state index in [2.05, 4.69) is 48.3 Å². The minimum atomic E-state index is -0.0473. The van der Waals surface area contributed by atoms with Gasteiger partial charge in [-0.05, 0) is 54.8 Å². The molecule has 1 fully saturated rings. The predicted molar refractivity (Wildman–Crippen MR) is 111 cm³/mol. The van der Waals surface area contributed by atoms with E-state index in [9.17, 15) is 4.79 Å². The van der Waals surface area contributed by atoms with Crippen LogP contribution >= 0.6 is 0 Å². The van der Waals surface area contributed by atoms with Crippen molar-refractivity contribution in [3.05, 3.63) is 54.1 Å². The molecular weight excluding hydrogens is 338 g/mol. The lowest BCUT2D eigenvalue weighted by molar-refractivity contribution is 0.208. The number of ether oxygens (including phenoxy) is 1.